The molecule has 3 rings (SSSR count). The molecule has 28 heavy (non-hydrogen) atoms. The molecule has 1 aliphatic rings. The Balaban J connectivity index is 1.86. The number of amides is 1. The van der Waals surface area contributed by atoms with E-state index in [1.165, 1.54) is 16.4 Å². The molecule has 1 atom stereocenters. The highest BCUT2D eigenvalue weighted by atomic mass is 35.5. The van der Waals surface area contributed by atoms with Crippen molar-refractivity contribution in [1.29, 1.82) is 0 Å². The average molecular weight is 421 g/mol. The number of rotatable bonds is 7. The lowest BCUT2D eigenvalue weighted by Gasteiger charge is -2.20. The molecule has 0 unspecified atom stereocenters. The standard InChI is InChI=1S/C21H25ClN2O3S/c1-2-8-19(16-9-4-3-5-10-16)23-21(25)17-11-12-18(22)20(15-17)28(26,27)24-13-6-7-14-24/h3-5,9-12,15,19H,2,6-8,13-14H2,1H3,(H,23,25)/t19-/m0/s1. The van der Waals surface area contributed by atoms with Crippen LogP contribution in [0.2, 0.25) is 5.02 Å². The molecule has 1 amide bonds. The molecule has 5 nitrogen and oxygen atoms in total. The van der Waals surface area contributed by atoms with Crippen LogP contribution in [0.1, 0.15) is 54.6 Å². The maximum Gasteiger partial charge on any atom is 0.251 e. The topological polar surface area (TPSA) is 66.5 Å². The first-order valence-electron chi connectivity index (χ1n) is 9.59. The number of nitrogens with one attached hydrogen (secondary N) is 1. The molecule has 7 heteroatoms. The third-order valence-corrected chi connectivity index (χ3v) is 7.34. The van der Waals surface area contributed by atoms with Crippen LogP contribution in [0, 0.1) is 0 Å². The maximum atomic E-state index is 12.9. The number of benzene rings is 2. The molecule has 1 N–H and O–H groups in total. The largest absolute Gasteiger partial charge is 0.345 e. The number of nitrogens with zero attached hydrogens (tertiary/aromatic N) is 1. The van der Waals surface area contributed by atoms with Crippen LogP contribution in [0.5, 0.6) is 0 Å². The van der Waals surface area contributed by atoms with Crippen molar-refractivity contribution in [3.8, 4) is 0 Å². The van der Waals surface area contributed by atoms with Gasteiger partial charge in [-0.3, -0.25) is 4.79 Å². The van der Waals surface area contributed by atoms with Crippen molar-refractivity contribution in [2.24, 2.45) is 0 Å². The van der Waals surface area contributed by atoms with Gasteiger partial charge in [-0.2, -0.15) is 4.31 Å². The average Bonchev–Trinajstić information content (AvgIpc) is 3.24. The van der Waals surface area contributed by atoms with Gasteiger partial charge in [0.05, 0.1) is 11.1 Å². The third kappa shape index (κ3) is 4.57. The van der Waals surface area contributed by atoms with Crippen LogP contribution in [-0.2, 0) is 10.0 Å². The van der Waals surface area contributed by atoms with E-state index in [0.29, 0.717) is 18.7 Å². The van der Waals surface area contributed by atoms with Crippen LogP contribution >= 0.6 is 11.6 Å². The number of carbonyl (C=O) groups is 1. The van der Waals surface area contributed by atoms with Crippen molar-refractivity contribution in [3.05, 3.63) is 64.7 Å². The Kier molecular flexibility index (Phi) is 6.75. The molecule has 0 saturated carbocycles. The molecular weight excluding hydrogens is 396 g/mol. The summed E-state index contributed by atoms with van der Waals surface area (Å²) < 4.78 is 27.2. The summed E-state index contributed by atoms with van der Waals surface area (Å²) in [6.45, 7) is 3.04. The van der Waals surface area contributed by atoms with Crippen molar-refractivity contribution in [2.75, 3.05) is 13.1 Å². The Morgan fingerprint density at radius 1 is 1.14 bits per heavy atom. The Bertz CT molecular complexity index is 926. The van der Waals surface area contributed by atoms with Crippen molar-refractivity contribution in [2.45, 2.75) is 43.5 Å². The first-order valence-corrected chi connectivity index (χ1v) is 11.4. The van der Waals surface area contributed by atoms with Gasteiger partial charge in [-0.1, -0.05) is 55.3 Å². The first kappa shape index (κ1) is 20.8. The maximum absolute atomic E-state index is 12.9. The van der Waals surface area contributed by atoms with E-state index in [1.807, 2.05) is 30.3 Å². The van der Waals surface area contributed by atoms with E-state index in [2.05, 4.69) is 12.2 Å². The molecule has 1 heterocycles. The lowest BCUT2D eigenvalue weighted by atomic mass is 10.0. The summed E-state index contributed by atoms with van der Waals surface area (Å²) >= 11 is 6.18. The molecule has 0 bridgehead atoms. The molecule has 150 valence electrons. The smallest absolute Gasteiger partial charge is 0.251 e. The second kappa shape index (κ2) is 9.07. The van der Waals surface area contributed by atoms with E-state index in [0.717, 1.165) is 31.2 Å². The number of hydrogen-bond acceptors (Lipinski definition) is 3. The summed E-state index contributed by atoms with van der Waals surface area (Å²) in [6.07, 6.45) is 3.39. The summed E-state index contributed by atoms with van der Waals surface area (Å²) in [5, 5.41) is 3.16. The van der Waals surface area contributed by atoms with Crippen LogP contribution < -0.4 is 5.32 Å². The van der Waals surface area contributed by atoms with Crippen LogP contribution in [-0.4, -0.2) is 31.7 Å². The van der Waals surface area contributed by atoms with Gasteiger partial charge in [-0.05, 0) is 43.0 Å². The second-order valence-electron chi connectivity index (χ2n) is 6.98. The summed E-state index contributed by atoms with van der Waals surface area (Å²) in [7, 11) is -3.69. The van der Waals surface area contributed by atoms with Crippen LogP contribution in [0.4, 0.5) is 0 Å². The van der Waals surface area contributed by atoms with Gasteiger partial charge in [0.15, 0.2) is 0 Å². The van der Waals surface area contributed by atoms with E-state index in [1.54, 1.807) is 6.07 Å². The SMILES string of the molecule is CCC[C@H](NC(=O)c1ccc(Cl)c(S(=O)(=O)N2CCCC2)c1)c1ccccc1. The van der Waals surface area contributed by atoms with E-state index in [-0.39, 0.29) is 21.9 Å². The van der Waals surface area contributed by atoms with Gasteiger partial charge in [0.2, 0.25) is 10.0 Å². The zero-order valence-corrected chi connectivity index (χ0v) is 17.5. The number of sulfonamides is 1. The molecule has 0 spiro atoms. The molecule has 1 aliphatic heterocycles. The quantitative estimate of drug-likeness (QED) is 0.722. The molecule has 1 fully saturated rings. The first-order chi connectivity index (χ1) is 13.4. The highest BCUT2D eigenvalue weighted by Crippen LogP contribution is 2.28. The number of hydrogen-bond donors (Lipinski definition) is 1. The fourth-order valence-corrected chi connectivity index (χ4v) is 5.47. The van der Waals surface area contributed by atoms with Gasteiger partial charge in [-0.15, -0.1) is 0 Å². The van der Waals surface area contributed by atoms with Crippen LogP contribution in [0.3, 0.4) is 0 Å². The molecule has 2 aromatic carbocycles. The van der Waals surface area contributed by atoms with E-state index in [4.69, 9.17) is 11.6 Å². The number of halogens is 1. The minimum atomic E-state index is -3.69. The highest BCUT2D eigenvalue weighted by molar-refractivity contribution is 7.89. The van der Waals surface area contributed by atoms with Crippen molar-refractivity contribution >= 4 is 27.5 Å². The normalized spacial score (nSPS) is 16.1. The van der Waals surface area contributed by atoms with Gasteiger partial charge in [0.25, 0.3) is 5.91 Å². The summed E-state index contributed by atoms with van der Waals surface area (Å²) in [5.74, 6) is -0.308. The minimum absolute atomic E-state index is 0.00420. The highest BCUT2D eigenvalue weighted by Gasteiger charge is 2.30. The fraction of sp³-hybridized carbons (Fsp3) is 0.381. The Morgan fingerprint density at radius 3 is 2.46 bits per heavy atom. The zero-order valence-electron chi connectivity index (χ0n) is 15.9. The Hall–Kier alpha value is -1.89. The molecule has 2 aromatic rings. The van der Waals surface area contributed by atoms with Crippen molar-refractivity contribution in [1.82, 2.24) is 9.62 Å². The van der Waals surface area contributed by atoms with Crippen LogP contribution in [0.15, 0.2) is 53.4 Å². The number of carbonyl (C=O) groups excluding carboxylic acids is 1. The van der Waals surface area contributed by atoms with Gasteiger partial charge in [0, 0.05) is 18.7 Å². The van der Waals surface area contributed by atoms with Gasteiger partial charge >= 0.3 is 0 Å². The monoisotopic (exact) mass is 420 g/mol. The molecule has 0 radical (unpaired) electrons. The van der Waals surface area contributed by atoms with Gasteiger partial charge in [-0.25, -0.2) is 8.42 Å². The molecular formula is C21H25ClN2O3S. The van der Waals surface area contributed by atoms with E-state index >= 15 is 0 Å². The Morgan fingerprint density at radius 2 is 1.82 bits per heavy atom. The van der Waals surface area contributed by atoms with E-state index < -0.39 is 10.0 Å². The van der Waals surface area contributed by atoms with Gasteiger partial charge in [0.1, 0.15) is 4.90 Å². The van der Waals surface area contributed by atoms with Gasteiger partial charge < -0.3 is 5.32 Å². The van der Waals surface area contributed by atoms with Crippen LogP contribution in [0.25, 0.3) is 0 Å². The summed E-state index contributed by atoms with van der Waals surface area (Å²) in [4.78, 5) is 12.8. The molecule has 0 aliphatic carbocycles. The Labute approximate surface area is 171 Å². The van der Waals surface area contributed by atoms with Crippen molar-refractivity contribution in [3.63, 3.8) is 0 Å². The predicted octanol–water partition coefficient (Wildman–Crippen LogP) is 4.40. The summed E-state index contributed by atoms with van der Waals surface area (Å²) in [6, 6.07) is 14.1. The zero-order chi connectivity index (χ0) is 20.1. The summed E-state index contributed by atoms with van der Waals surface area (Å²) in [5.41, 5.74) is 1.32. The lowest BCUT2D eigenvalue weighted by Crippen LogP contribution is -2.30. The predicted molar refractivity (Wildman–Crippen MR) is 111 cm³/mol. The second-order valence-corrected chi connectivity index (χ2v) is 9.30. The fourth-order valence-electron chi connectivity index (χ4n) is 3.45. The minimum Gasteiger partial charge on any atom is -0.345 e. The third-order valence-electron chi connectivity index (χ3n) is 4.96. The lowest BCUT2D eigenvalue weighted by molar-refractivity contribution is 0.0934. The molecule has 1 saturated heterocycles. The van der Waals surface area contributed by atoms with E-state index in [9.17, 15) is 13.2 Å². The van der Waals surface area contributed by atoms with Crippen molar-refractivity contribution < 1.29 is 13.2 Å². The molecule has 0 aromatic heterocycles.